The van der Waals surface area contributed by atoms with E-state index in [0.29, 0.717) is 0 Å². The minimum absolute atomic E-state index is 0. The van der Waals surface area contributed by atoms with E-state index >= 15 is 0 Å². The first-order chi connectivity index (χ1) is 14.7. The summed E-state index contributed by atoms with van der Waals surface area (Å²) in [5.74, 6) is 0. The maximum absolute atomic E-state index is 2.62. The van der Waals surface area contributed by atoms with Gasteiger partial charge in [-0.1, -0.05) is 0 Å². The molecule has 0 spiro atoms. The Bertz CT molecular complexity index is 1350. The fourth-order valence-electron chi connectivity index (χ4n) is 5.38. The maximum atomic E-state index is 2.62. The number of hydrogen-bond donors (Lipinski definition) is 0. The third-order valence-corrected chi connectivity index (χ3v) is 23.1. The Morgan fingerprint density at radius 2 is 1.03 bits per heavy atom. The number of hydrogen-bond acceptors (Lipinski definition) is 0. The number of fused-ring (bicyclic) bond motifs is 6. The summed E-state index contributed by atoms with van der Waals surface area (Å²) >= 11 is -2.03. The van der Waals surface area contributed by atoms with Crippen molar-refractivity contribution in [3.05, 3.63) is 107 Å². The van der Waals surface area contributed by atoms with Crippen LogP contribution in [0.25, 0.3) is 28.1 Å². The second kappa shape index (κ2) is 9.43. The van der Waals surface area contributed by atoms with Gasteiger partial charge in [0.15, 0.2) is 0 Å². The molecule has 0 N–H and O–H groups in total. The van der Waals surface area contributed by atoms with Gasteiger partial charge in [0, 0.05) is 0 Å². The van der Waals surface area contributed by atoms with Gasteiger partial charge < -0.3 is 24.8 Å². The molecule has 0 saturated carbocycles. The molecule has 4 heteroatoms. The molecule has 0 aliphatic heterocycles. The van der Waals surface area contributed by atoms with Gasteiger partial charge in [0.05, 0.1) is 0 Å². The Labute approximate surface area is 210 Å². The molecular weight excluding hydrogens is 527 g/mol. The van der Waals surface area contributed by atoms with Crippen molar-refractivity contribution < 1.29 is 45.2 Å². The fraction of sp³-hybridized carbons (Fsp3) is 0.143. The molecule has 4 aromatic rings. The van der Waals surface area contributed by atoms with E-state index in [2.05, 4.69) is 98.0 Å². The predicted octanol–water partition coefficient (Wildman–Crippen LogP) is 1.36. The van der Waals surface area contributed by atoms with Gasteiger partial charge in [-0.05, 0) is 0 Å². The van der Waals surface area contributed by atoms with Crippen LogP contribution >= 0.6 is 0 Å². The average molecular weight is 551 g/mol. The molecular formula is C28H24Cl2SiZr. The SMILES string of the molecule is C[Si](C)=[Zr+2]([C]1=CCc2ccc3ccccc3c21)[C]1=CCc2ccc3ccccc3c21.[Cl-].[Cl-]. The molecule has 0 atom stereocenters. The second-order valence-electron chi connectivity index (χ2n) is 8.66. The van der Waals surface area contributed by atoms with Crippen LogP contribution in [0.4, 0.5) is 0 Å². The topological polar surface area (TPSA) is 0 Å². The van der Waals surface area contributed by atoms with Crippen LogP contribution in [-0.2, 0) is 33.2 Å². The van der Waals surface area contributed by atoms with Gasteiger partial charge in [0.25, 0.3) is 0 Å². The molecule has 4 aromatic carbocycles. The van der Waals surface area contributed by atoms with Crippen molar-refractivity contribution in [2.75, 3.05) is 0 Å². The van der Waals surface area contributed by atoms with Crippen molar-refractivity contribution in [3.8, 4) is 0 Å². The standard InChI is InChI=1S/2C13H9.C2H6Si.2ClH.Zr/c2*1-2-6-12-10(4-1)8-9-11-5-3-7-13(11)12;1-3-2;;;/h2*1-4,6,8-9H,5H2;1-2H3;2*1H;/q;;;;;+2/p-2. The molecule has 158 valence electrons. The van der Waals surface area contributed by atoms with Crippen LogP contribution in [0.3, 0.4) is 0 Å². The molecule has 32 heavy (non-hydrogen) atoms. The summed E-state index contributed by atoms with van der Waals surface area (Å²) in [5.41, 5.74) is 5.89. The van der Waals surface area contributed by atoms with Gasteiger partial charge >= 0.3 is 187 Å². The van der Waals surface area contributed by atoms with Gasteiger partial charge in [-0.3, -0.25) is 0 Å². The van der Waals surface area contributed by atoms with Crippen molar-refractivity contribution in [3.63, 3.8) is 0 Å². The molecule has 6 rings (SSSR count). The summed E-state index contributed by atoms with van der Waals surface area (Å²) in [7, 11) is 0. The van der Waals surface area contributed by atoms with E-state index in [1.165, 1.54) is 21.5 Å². The van der Waals surface area contributed by atoms with Crippen molar-refractivity contribution in [2.45, 2.75) is 25.9 Å². The Hall–Kier alpha value is -1.44. The number of benzene rings is 4. The molecule has 2 aliphatic carbocycles. The molecule has 0 nitrogen and oxygen atoms in total. The van der Waals surface area contributed by atoms with Crippen LogP contribution in [0, 0.1) is 0 Å². The third kappa shape index (κ3) is 3.70. The molecule has 0 radical (unpaired) electrons. The van der Waals surface area contributed by atoms with E-state index in [4.69, 9.17) is 0 Å². The monoisotopic (exact) mass is 548 g/mol. The minimum atomic E-state index is -2.03. The summed E-state index contributed by atoms with van der Waals surface area (Å²) in [5, 5.41) is 5.71. The van der Waals surface area contributed by atoms with Crippen LogP contribution < -0.4 is 24.8 Å². The van der Waals surface area contributed by atoms with Gasteiger partial charge in [0.1, 0.15) is 0 Å². The molecule has 2 aliphatic rings. The zero-order valence-corrected chi connectivity index (χ0v) is 23.2. The maximum Gasteiger partial charge on any atom is -1.00 e. The quantitative estimate of drug-likeness (QED) is 0.331. The van der Waals surface area contributed by atoms with E-state index in [-0.39, 0.29) is 24.8 Å². The summed E-state index contributed by atoms with van der Waals surface area (Å²) in [6.45, 7) is 5.15. The molecule has 0 fully saturated rings. The molecule has 0 saturated heterocycles. The summed E-state index contributed by atoms with van der Waals surface area (Å²) in [4.78, 5) is 0. The van der Waals surface area contributed by atoms with E-state index < -0.39 is 25.8 Å². The van der Waals surface area contributed by atoms with Crippen molar-refractivity contribution in [1.29, 1.82) is 0 Å². The van der Waals surface area contributed by atoms with Gasteiger partial charge in [-0.15, -0.1) is 0 Å². The normalized spacial score (nSPS) is 13.3. The molecule has 0 amide bonds. The first kappa shape index (κ1) is 23.7. The Morgan fingerprint density at radius 1 is 0.594 bits per heavy atom. The van der Waals surface area contributed by atoms with Gasteiger partial charge in [-0.25, -0.2) is 0 Å². The zero-order chi connectivity index (χ0) is 20.2. The zero-order valence-electron chi connectivity index (χ0n) is 18.3. The summed E-state index contributed by atoms with van der Waals surface area (Å²) in [6, 6.07) is 27.4. The Morgan fingerprint density at radius 3 is 1.47 bits per heavy atom. The summed E-state index contributed by atoms with van der Waals surface area (Å²) in [6.07, 6.45) is 7.47. The molecule has 0 unspecified atom stereocenters. The van der Waals surface area contributed by atoms with Gasteiger partial charge in [-0.2, -0.15) is 0 Å². The minimum Gasteiger partial charge on any atom is -1.00 e. The van der Waals surface area contributed by atoms with Gasteiger partial charge in [0.2, 0.25) is 0 Å². The first-order valence-electron chi connectivity index (χ1n) is 10.8. The van der Waals surface area contributed by atoms with Crippen molar-refractivity contribution in [1.82, 2.24) is 0 Å². The fourth-order valence-corrected chi connectivity index (χ4v) is 22.0. The molecule has 0 aromatic heterocycles. The number of rotatable bonds is 2. The summed E-state index contributed by atoms with van der Waals surface area (Å²) < 4.78 is 3.55. The first-order valence-corrected chi connectivity index (χ1v) is 19.5. The van der Waals surface area contributed by atoms with Crippen LogP contribution in [0.2, 0.25) is 13.1 Å². The number of allylic oxidation sites excluding steroid dienone is 2. The van der Waals surface area contributed by atoms with Crippen LogP contribution in [-0.4, -0.2) is 5.43 Å². The van der Waals surface area contributed by atoms with Crippen LogP contribution in [0.1, 0.15) is 22.3 Å². The van der Waals surface area contributed by atoms with E-state index in [1.54, 1.807) is 28.8 Å². The Balaban J connectivity index is 0.00000122. The third-order valence-electron chi connectivity index (χ3n) is 6.66. The smallest absolute Gasteiger partial charge is 1.00 e. The Kier molecular flexibility index (Phi) is 6.99. The molecule has 0 heterocycles. The van der Waals surface area contributed by atoms with Crippen LogP contribution in [0.5, 0.6) is 0 Å². The van der Waals surface area contributed by atoms with Crippen molar-refractivity contribution >= 4 is 33.5 Å². The van der Waals surface area contributed by atoms with E-state index in [0.717, 1.165) is 12.8 Å². The van der Waals surface area contributed by atoms with E-state index in [1.807, 2.05) is 0 Å². The second-order valence-corrected chi connectivity index (χ2v) is 25.5. The predicted molar refractivity (Wildman–Crippen MR) is 129 cm³/mol. The van der Waals surface area contributed by atoms with E-state index in [9.17, 15) is 0 Å². The van der Waals surface area contributed by atoms with Crippen molar-refractivity contribution in [2.24, 2.45) is 0 Å². The molecule has 0 bridgehead atoms. The van der Waals surface area contributed by atoms with Crippen LogP contribution in [0.15, 0.2) is 84.9 Å². The largest absolute Gasteiger partial charge is 1.00 e. The average Bonchev–Trinajstić information content (AvgIpc) is 3.39. The number of halogens is 2.